The molecule has 0 spiro atoms. The molecule has 2 aromatic rings. The molecule has 1 fully saturated rings. The third-order valence-corrected chi connectivity index (χ3v) is 5.39. The van der Waals surface area contributed by atoms with Gasteiger partial charge in [-0.05, 0) is 47.9 Å². The summed E-state index contributed by atoms with van der Waals surface area (Å²) >= 11 is 0. The molecule has 0 aromatic heterocycles. The number of amides is 1. The van der Waals surface area contributed by atoms with Gasteiger partial charge in [-0.1, -0.05) is 18.2 Å². The van der Waals surface area contributed by atoms with Crippen LogP contribution in [0.15, 0.2) is 48.5 Å². The highest BCUT2D eigenvalue weighted by Crippen LogP contribution is 2.45. The maximum Gasteiger partial charge on any atom is 0.220 e. The lowest BCUT2D eigenvalue weighted by Crippen LogP contribution is -2.54. The molecule has 142 valence electrons. The Morgan fingerprint density at radius 3 is 2.25 bits per heavy atom. The lowest BCUT2D eigenvalue weighted by molar-refractivity contribution is -0.129. The van der Waals surface area contributed by atoms with Crippen LogP contribution in [0.3, 0.4) is 0 Å². The maximum absolute atomic E-state index is 13.6. The molecular weight excluding hydrogens is 362 g/mol. The van der Waals surface area contributed by atoms with Gasteiger partial charge in [-0.25, -0.2) is 0 Å². The van der Waals surface area contributed by atoms with Crippen molar-refractivity contribution in [2.75, 3.05) is 0 Å². The zero-order valence-corrected chi connectivity index (χ0v) is 14.7. The first kappa shape index (κ1) is 17.8. The van der Waals surface area contributed by atoms with Crippen molar-refractivity contribution in [3.05, 3.63) is 59.7 Å². The average molecular weight is 379 g/mol. The molecule has 1 amide bonds. The molecule has 2 aliphatic rings. The molecule has 0 radical (unpaired) electrons. The van der Waals surface area contributed by atoms with E-state index in [9.17, 15) is 29.7 Å². The number of phenolic OH excluding ortho intramolecular Hbond substituents is 3. The van der Waals surface area contributed by atoms with Crippen LogP contribution in [0.1, 0.15) is 24.0 Å². The first-order valence-corrected chi connectivity index (χ1v) is 8.76. The number of carbonyl (C=O) groups is 3. The standard InChI is InChI=1S/C21H17NO6/c23-13-4-2-12(3-5-13)21(17-7-8-19(27)22-17)18(26)10-14(20(21)28)11-1-6-15(24)16(25)9-11/h1-6,9-10,17,23-25H,7-8H2,(H,22,27). The monoisotopic (exact) mass is 379 g/mol. The van der Waals surface area contributed by atoms with Crippen LogP contribution in [-0.4, -0.2) is 38.8 Å². The van der Waals surface area contributed by atoms with Crippen LogP contribution >= 0.6 is 0 Å². The van der Waals surface area contributed by atoms with Gasteiger partial charge in [0.15, 0.2) is 23.1 Å². The zero-order valence-electron chi connectivity index (χ0n) is 14.7. The van der Waals surface area contributed by atoms with Gasteiger partial charge in [0, 0.05) is 12.0 Å². The number of hydrogen-bond donors (Lipinski definition) is 4. The number of rotatable bonds is 3. The van der Waals surface area contributed by atoms with Crippen molar-refractivity contribution >= 4 is 23.0 Å². The minimum atomic E-state index is -1.64. The van der Waals surface area contributed by atoms with E-state index in [0.29, 0.717) is 17.5 Å². The Morgan fingerprint density at radius 2 is 1.64 bits per heavy atom. The summed E-state index contributed by atoms with van der Waals surface area (Å²) in [4.78, 5) is 38.6. The molecule has 4 rings (SSSR count). The second kappa shape index (κ2) is 6.23. The van der Waals surface area contributed by atoms with Crippen molar-refractivity contribution in [3.63, 3.8) is 0 Å². The third kappa shape index (κ3) is 2.47. The highest BCUT2D eigenvalue weighted by molar-refractivity contribution is 6.43. The number of phenols is 3. The number of aromatic hydroxyl groups is 3. The Kier molecular flexibility index (Phi) is 3.96. The van der Waals surface area contributed by atoms with E-state index in [1.807, 2.05) is 0 Å². The molecule has 2 unspecified atom stereocenters. The predicted octanol–water partition coefficient (Wildman–Crippen LogP) is 1.56. The molecule has 4 N–H and O–H groups in total. The number of Topliss-reactive ketones (excluding diaryl/α,β-unsaturated/α-hetero) is 1. The number of nitrogens with one attached hydrogen (secondary N) is 1. The van der Waals surface area contributed by atoms with E-state index in [2.05, 4.69) is 5.32 Å². The van der Waals surface area contributed by atoms with E-state index >= 15 is 0 Å². The van der Waals surface area contributed by atoms with Gasteiger partial charge in [-0.15, -0.1) is 0 Å². The quantitative estimate of drug-likeness (QED) is 0.474. The molecule has 0 bridgehead atoms. The smallest absolute Gasteiger partial charge is 0.220 e. The van der Waals surface area contributed by atoms with Gasteiger partial charge in [0.1, 0.15) is 11.2 Å². The van der Waals surface area contributed by atoms with E-state index in [0.717, 1.165) is 0 Å². The van der Waals surface area contributed by atoms with Gasteiger partial charge in [-0.2, -0.15) is 0 Å². The van der Waals surface area contributed by atoms with E-state index in [1.165, 1.54) is 48.5 Å². The maximum atomic E-state index is 13.6. The fraction of sp³-hybridized carbons (Fsp3) is 0.190. The molecule has 2 aromatic carbocycles. The minimum absolute atomic E-state index is 0.0103. The van der Waals surface area contributed by atoms with E-state index in [-0.39, 0.29) is 29.4 Å². The number of ketones is 2. The second-order valence-electron chi connectivity index (χ2n) is 6.97. The Labute approximate surface area is 159 Å². The average Bonchev–Trinajstić information content (AvgIpc) is 3.20. The van der Waals surface area contributed by atoms with Gasteiger partial charge in [0.25, 0.3) is 0 Å². The second-order valence-corrected chi connectivity index (χ2v) is 6.97. The van der Waals surface area contributed by atoms with Crippen molar-refractivity contribution in [1.29, 1.82) is 0 Å². The van der Waals surface area contributed by atoms with Crippen LogP contribution in [0.4, 0.5) is 0 Å². The van der Waals surface area contributed by atoms with E-state index in [4.69, 9.17) is 0 Å². The van der Waals surface area contributed by atoms with Gasteiger partial charge >= 0.3 is 0 Å². The summed E-state index contributed by atoms with van der Waals surface area (Å²) in [6.45, 7) is 0. The Balaban J connectivity index is 1.86. The highest BCUT2D eigenvalue weighted by atomic mass is 16.3. The topological polar surface area (TPSA) is 124 Å². The summed E-state index contributed by atoms with van der Waals surface area (Å²) in [5.41, 5.74) is -0.877. The van der Waals surface area contributed by atoms with Gasteiger partial charge < -0.3 is 20.6 Å². The molecule has 28 heavy (non-hydrogen) atoms. The van der Waals surface area contributed by atoms with Crippen LogP contribution in [0, 0.1) is 0 Å². The summed E-state index contributed by atoms with van der Waals surface area (Å²) in [6.07, 6.45) is 1.74. The normalized spacial score (nSPS) is 24.4. The van der Waals surface area contributed by atoms with Crippen molar-refractivity contribution in [3.8, 4) is 17.2 Å². The summed E-state index contributed by atoms with van der Waals surface area (Å²) < 4.78 is 0. The molecule has 1 heterocycles. The Morgan fingerprint density at radius 1 is 0.929 bits per heavy atom. The van der Waals surface area contributed by atoms with Crippen LogP contribution in [0.5, 0.6) is 17.2 Å². The SMILES string of the molecule is O=C1CCC(C2(c3ccc(O)cc3)C(=O)C=C(c3ccc(O)c(O)c3)C2=O)N1. The molecule has 2 atom stereocenters. The zero-order chi connectivity index (χ0) is 20.1. The van der Waals surface area contributed by atoms with E-state index < -0.39 is 28.8 Å². The minimum Gasteiger partial charge on any atom is -0.508 e. The molecule has 1 saturated heterocycles. The Hall–Kier alpha value is -3.61. The first-order valence-electron chi connectivity index (χ1n) is 8.76. The van der Waals surface area contributed by atoms with Crippen molar-refractivity contribution in [1.82, 2.24) is 5.32 Å². The largest absolute Gasteiger partial charge is 0.508 e. The number of carbonyl (C=O) groups excluding carboxylic acids is 3. The molecule has 7 nitrogen and oxygen atoms in total. The van der Waals surface area contributed by atoms with Crippen LogP contribution < -0.4 is 5.32 Å². The molecule has 1 aliphatic carbocycles. The summed E-state index contributed by atoms with van der Waals surface area (Å²) in [5, 5.41) is 31.6. The van der Waals surface area contributed by atoms with Crippen molar-refractivity contribution in [2.24, 2.45) is 0 Å². The number of allylic oxidation sites excluding steroid dienone is 2. The van der Waals surface area contributed by atoms with E-state index in [1.54, 1.807) is 0 Å². The third-order valence-electron chi connectivity index (χ3n) is 5.39. The first-order chi connectivity index (χ1) is 13.3. The lowest BCUT2D eigenvalue weighted by Gasteiger charge is -2.33. The Bertz CT molecular complexity index is 1040. The van der Waals surface area contributed by atoms with Crippen molar-refractivity contribution in [2.45, 2.75) is 24.3 Å². The van der Waals surface area contributed by atoms with Crippen LogP contribution in [-0.2, 0) is 19.8 Å². The summed E-state index contributed by atoms with van der Waals surface area (Å²) in [6, 6.07) is 8.95. The fourth-order valence-corrected chi connectivity index (χ4v) is 4.01. The predicted molar refractivity (Wildman–Crippen MR) is 98.7 cm³/mol. The molecule has 1 aliphatic heterocycles. The summed E-state index contributed by atoms with van der Waals surface area (Å²) in [7, 11) is 0. The van der Waals surface area contributed by atoms with Crippen LogP contribution in [0.2, 0.25) is 0 Å². The van der Waals surface area contributed by atoms with Crippen molar-refractivity contribution < 1.29 is 29.7 Å². The molecule has 7 heteroatoms. The highest BCUT2D eigenvalue weighted by Gasteiger charge is 2.58. The molecular formula is C21H17NO6. The van der Waals surface area contributed by atoms with Gasteiger partial charge in [0.2, 0.25) is 5.91 Å². The number of benzene rings is 2. The fourth-order valence-electron chi connectivity index (χ4n) is 4.01. The van der Waals surface area contributed by atoms with Gasteiger partial charge in [0.05, 0.1) is 6.04 Å². The van der Waals surface area contributed by atoms with Gasteiger partial charge in [-0.3, -0.25) is 14.4 Å². The number of hydrogen-bond acceptors (Lipinski definition) is 6. The lowest BCUT2D eigenvalue weighted by atomic mass is 9.69. The summed E-state index contributed by atoms with van der Waals surface area (Å²) in [5.74, 6) is -1.97. The van der Waals surface area contributed by atoms with Crippen LogP contribution in [0.25, 0.3) is 5.57 Å². The molecule has 0 saturated carbocycles.